The Morgan fingerprint density at radius 2 is 1.33 bits per heavy atom. The molecule has 5 heteroatoms. The van der Waals surface area contributed by atoms with E-state index >= 15 is 0 Å². The van der Waals surface area contributed by atoms with E-state index in [2.05, 4.69) is 5.32 Å². The SMILES string of the molecule is COc1c(Cl)c2c(c(Cl)c1OC)CNC2. The summed E-state index contributed by atoms with van der Waals surface area (Å²) < 4.78 is 10.4. The summed E-state index contributed by atoms with van der Waals surface area (Å²) in [6.07, 6.45) is 0. The summed E-state index contributed by atoms with van der Waals surface area (Å²) in [7, 11) is 3.10. The highest BCUT2D eigenvalue weighted by molar-refractivity contribution is 6.37. The Balaban J connectivity index is 2.71. The minimum Gasteiger partial charge on any atom is -0.491 e. The van der Waals surface area contributed by atoms with Crippen LogP contribution in [0.4, 0.5) is 0 Å². The highest BCUT2D eigenvalue weighted by atomic mass is 35.5. The molecule has 0 aromatic heterocycles. The summed E-state index contributed by atoms with van der Waals surface area (Å²) in [5.41, 5.74) is 2.00. The molecule has 2 rings (SSSR count). The fraction of sp³-hybridized carbons (Fsp3) is 0.400. The first kappa shape index (κ1) is 10.9. The lowest BCUT2D eigenvalue weighted by molar-refractivity contribution is 0.355. The summed E-state index contributed by atoms with van der Waals surface area (Å²) in [6, 6.07) is 0. The van der Waals surface area contributed by atoms with Crippen LogP contribution in [-0.4, -0.2) is 14.2 Å². The fourth-order valence-corrected chi connectivity index (χ4v) is 2.47. The Morgan fingerprint density at radius 3 is 1.67 bits per heavy atom. The molecule has 1 N–H and O–H groups in total. The van der Waals surface area contributed by atoms with Crippen LogP contribution in [0, 0.1) is 0 Å². The number of benzene rings is 1. The van der Waals surface area contributed by atoms with E-state index < -0.39 is 0 Å². The molecule has 0 saturated heterocycles. The molecule has 0 unspecified atom stereocenters. The van der Waals surface area contributed by atoms with Crippen LogP contribution in [0.15, 0.2) is 0 Å². The zero-order valence-corrected chi connectivity index (χ0v) is 10.00. The van der Waals surface area contributed by atoms with Crippen LogP contribution in [0.1, 0.15) is 11.1 Å². The van der Waals surface area contributed by atoms with Gasteiger partial charge in [0.05, 0.1) is 24.3 Å². The minimum absolute atomic E-state index is 0.506. The van der Waals surface area contributed by atoms with Crippen LogP contribution >= 0.6 is 23.2 Å². The van der Waals surface area contributed by atoms with E-state index in [4.69, 9.17) is 32.7 Å². The molecule has 0 fully saturated rings. The molecule has 0 atom stereocenters. The molecule has 3 nitrogen and oxygen atoms in total. The largest absolute Gasteiger partial charge is 0.491 e. The molecule has 1 heterocycles. The van der Waals surface area contributed by atoms with Crippen LogP contribution in [0.25, 0.3) is 0 Å². The molecule has 0 radical (unpaired) electrons. The summed E-state index contributed by atoms with van der Waals surface area (Å²) in [5.74, 6) is 1.01. The first-order chi connectivity index (χ1) is 7.20. The number of hydrogen-bond acceptors (Lipinski definition) is 3. The van der Waals surface area contributed by atoms with Crippen molar-refractivity contribution in [2.75, 3.05) is 14.2 Å². The Kier molecular flexibility index (Phi) is 2.96. The van der Waals surface area contributed by atoms with E-state index in [1.807, 2.05) is 0 Å². The Bertz CT molecular complexity index is 370. The monoisotopic (exact) mass is 247 g/mol. The normalized spacial score (nSPS) is 13.9. The third-order valence-corrected chi connectivity index (χ3v) is 3.31. The van der Waals surface area contributed by atoms with Gasteiger partial charge in [-0.25, -0.2) is 0 Å². The number of hydrogen-bond donors (Lipinski definition) is 1. The van der Waals surface area contributed by atoms with Crippen molar-refractivity contribution < 1.29 is 9.47 Å². The highest BCUT2D eigenvalue weighted by Crippen LogP contribution is 2.46. The van der Waals surface area contributed by atoms with Crippen molar-refractivity contribution in [3.63, 3.8) is 0 Å². The molecular weight excluding hydrogens is 237 g/mol. The molecule has 15 heavy (non-hydrogen) atoms. The maximum atomic E-state index is 6.21. The van der Waals surface area contributed by atoms with Gasteiger partial charge in [-0.05, 0) is 11.1 Å². The first-order valence-electron chi connectivity index (χ1n) is 4.52. The van der Waals surface area contributed by atoms with Gasteiger partial charge in [0, 0.05) is 13.1 Å². The molecule has 0 saturated carbocycles. The maximum Gasteiger partial charge on any atom is 0.181 e. The molecule has 0 bridgehead atoms. The van der Waals surface area contributed by atoms with Gasteiger partial charge in [0.1, 0.15) is 0 Å². The van der Waals surface area contributed by atoms with Crippen molar-refractivity contribution in [3.05, 3.63) is 21.2 Å². The average molecular weight is 248 g/mol. The summed E-state index contributed by atoms with van der Waals surface area (Å²) in [4.78, 5) is 0. The third-order valence-electron chi connectivity index (χ3n) is 2.51. The van der Waals surface area contributed by atoms with E-state index in [-0.39, 0.29) is 0 Å². The maximum absolute atomic E-state index is 6.21. The van der Waals surface area contributed by atoms with Crippen molar-refractivity contribution >= 4 is 23.2 Å². The molecule has 0 amide bonds. The predicted octanol–water partition coefficient (Wildman–Crippen LogP) is 2.61. The van der Waals surface area contributed by atoms with Gasteiger partial charge in [0.25, 0.3) is 0 Å². The van der Waals surface area contributed by atoms with E-state index in [0.717, 1.165) is 11.1 Å². The summed E-state index contributed by atoms with van der Waals surface area (Å²) in [6.45, 7) is 1.43. The molecular formula is C10H11Cl2NO2. The molecule has 82 valence electrons. The smallest absolute Gasteiger partial charge is 0.181 e. The second-order valence-corrected chi connectivity index (χ2v) is 4.01. The zero-order chi connectivity index (χ0) is 11.0. The number of ether oxygens (including phenoxy) is 2. The lowest BCUT2D eigenvalue weighted by Gasteiger charge is -2.14. The molecule has 1 aliphatic rings. The van der Waals surface area contributed by atoms with E-state index in [1.165, 1.54) is 0 Å². The topological polar surface area (TPSA) is 30.5 Å². The van der Waals surface area contributed by atoms with Crippen molar-refractivity contribution in [1.82, 2.24) is 5.32 Å². The van der Waals surface area contributed by atoms with Gasteiger partial charge in [-0.3, -0.25) is 0 Å². The quantitative estimate of drug-likeness (QED) is 0.872. The fourth-order valence-electron chi connectivity index (χ4n) is 1.78. The van der Waals surface area contributed by atoms with Crippen LogP contribution in [0.5, 0.6) is 11.5 Å². The lowest BCUT2D eigenvalue weighted by atomic mass is 10.1. The van der Waals surface area contributed by atoms with Crippen molar-refractivity contribution in [2.24, 2.45) is 0 Å². The summed E-state index contributed by atoms with van der Waals surface area (Å²) in [5, 5.41) is 4.36. The zero-order valence-electron chi connectivity index (χ0n) is 8.49. The standard InChI is InChI=1S/C10H11Cl2NO2/c1-14-9-7(11)5-3-13-4-6(5)8(12)10(9)15-2/h13H,3-4H2,1-2H3. The number of nitrogens with one attached hydrogen (secondary N) is 1. The highest BCUT2D eigenvalue weighted by Gasteiger charge is 2.25. The average Bonchev–Trinajstić information content (AvgIpc) is 2.72. The van der Waals surface area contributed by atoms with Gasteiger partial charge in [-0.2, -0.15) is 0 Å². The second kappa shape index (κ2) is 4.08. The minimum atomic E-state index is 0.506. The molecule has 0 spiro atoms. The van der Waals surface area contributed by atoms with Gasteiger partial charge < -0.3 is 14.8 Å². The molecule has 1 aromatic carbocycles. The molecule has 1 aromatic rings. The van der Waals surface area contributed by atoms with E-state index in [9.17, 15) is 0 Å². The van der Waals surface area contributed by atoms with Gasteiger partial charge >= 0.3 is 0 Å². The number of halogens is 2. The molecule has 0 aliphatic carbocycles. The predicted molar refractivity (Wildman–Crippen MR) is 60.1 cm³/mol. The van der Waals surface area contributed by atoms with Gasteiger partial charge in [-0.1, -0.05) is 23.2 Å². The number of fused-ring (bicyclic) bond motifs is 1. The first-order valence-corrected chi connectivity index (χ1v) is 5.27. The lowest BCUT2D eigenvalue weighted by Crippen LogP contribution is -2.00. The third kappa shape index (κ3) is 1.55. The Morgan fingerprint density at radius 1 is 0.933 bits per heavy atom. The second-order valence-electron chi connectivity index (χ2n) is 3.26. The van der Waals surface area contributed by atoms with Crippen LogP contribution in [0.2, 0.25) is 10.0 Å². The molecule has 1 aliphatic heterocycles. The number of rotatable bonds is 2. The van der Waals surface area contributed by atoms with Crippen molar-refractivity contribution in [2.45, 2.75) is 13.1 Å². The van der Waals surface area contributed by atoms with E-state index in [1.54, 1.807) is 14.2 Å². The van der Waals surface area contributed by atoms with E-state index in [0.29, 0.717) is 34.6 Å². The van der Waals surface area contributed by atoms with Gasteiger partial charge in [0.15, 0.2) is 11.5 Å². The van der Waals surface area contributed by atoms with Crippen molar-refractivity contribution in [3.8, 4) is 11.5 Å². The van der Waals surface area contributed by atoms with Gasteiger partial charge in [0.2, 0.25) is 0 Å². The number of methoxy groups -OCH3 is 2. The van der Waals surface area contributed by atoms with Crippen molar-refractivity contribution in [1.29, 1.82) is 0 Å². The van der Waals surface area contributed by atoms with Gasteiger partial charge in [-0.15, -0.1) is 0 Å². The Labute approximate surface area is 98.3 Å². The van der Waals surface area contributed by atoms with Crippen LogP contribution in [-0.2, 0) is 13.1 Å². The van der Waals surface area contributed by atoms with Crippen LogP contribution in [0.3, 0.4) is 0 Å². The summed E-state index contributed by atoms with van der Waals surface area (Å²) >= 11 is 12.4. The Hall–Kier alpha value is -0.640. The van der Waals surface area contributed by atoms with Crippen LogP contribution < -0.4 is 14.8 Å².